The van der Waals surface area contributed by atoms with Crippen LogP contribution in [0.1, 0.15) is 54.8 Å². The van der Waals surface area contributed by atoms with Gasteiger partial charge in [0.15, 0.2) is 0 Å². The van der Waals surface area contributed by atoms with E-state index >= 15 is 0 Å². The molecule has 1 fully saturated rings. The Balaban J connectivity index is 1.60. The summed E-state index contributed by atoms with van der Waals surface area (Å²) in [7, 11) is 0. The first kappa shape index (κ1) is 28.9. The van der Waals surface area contributed by atoms with Crippen LogP contribution in [0.15, 0.2) is 51.4 Å². The number of amides is 1. The van der Waals surface area contributed by atoms with Crippen LogP contribution >= 0.6 is 22.9 Å². The Morgan fingerprint density at radius 3 is 2.66 bits per heavy atom. The van der Waals surface area contributed by atoms with Crippen LogP contribution in [-0.4, -0.2) is 45.6 Å². The van der Waals surface area contributed by atoms with E-state index < -0.39 is 34.3 Å². The first-order valence-electron chi connectivity index (χ1n) is 12.7. The number of carbonyl (C=O) groups excluding carboxylic acids is 1. The van der Waals surface area contributed by atoms with Gasteiger partial charge < -0.3 is 14.7 Å². The van der Waals surface area contributed by atoms with Crippen LogP contribution in [0.2, 0.25) is 5.02 Å². The van der Waals surface area contributed by atoms with Crippen molar-refractivity contribution in [2.24, 2.45) is 10.2 Å². The second-order valence-electron chi connectivity index (χ2n) is 10.8. The zero-order chi connectivity index (χ0) is 29.7. The highest BCUT2D eigenvalue weighted by molar-refractivity contribution is 7.10. The van der Waals surface area contributed by atoms with Gasteiger partial charge in [0.2, 0.25) is 5.88 Å². The zero-order valence-electron chi connectivity index (χ0n) is 22.3. The Labute approximate surface area is 241 Å². The molecule has 0 unspecified atom stereocenters. The second-order valence-corrected chi connectivity index (χ2v) is 12.2. The fraction of sp³-hybridized carbons (Fsp3) is 0.357. The predicted molar refractivity (Wildman–Crippen MR) is 149 cm³/mol. The van der Waals surface area contributed by atoms with E-state index in [1.807, 2.05) is 0 Å². The summed E-state index contributed by atoms with van der Waals surface area (Å²) < 4.78 is 48.6. The molecule has 1 aromatic heterocycles. The molecule has 1 atom stereocenters. The first-order valence-corrected chi connectivity index (χ1v) is 13.9. The number of hydrogen-bond donors (Lipinski definition) is 1. The van der Waals surface area contributed by atoms with Crippen molar-refractivity contribution in [3.63, 3.8) is 0 Å². The summed E-state index contributed by atoms with van der Waals surface area (Å²) in [4.78, 5) is 26.9. The lowest BCUT2D eigenvalue weighted by molar-refractivity contribution is -0.138. The normalized spacial score (nSPS) is 17.4. The van der Waals surface area contributed by atoms with Crippen LogP contribution < -0.4 is 15.4 Å². The maximum Gasteiger partial charge on any atom is 0.416 e. The second kappa shape index (κ2) is 10.6. The number of fused-ring (bicyclic) bond motifs is 1. The highest BCUT2D eigenvalue weighted by atomic mass is 35.5. The summed E-state index contributed by atoms with van der Waals surface area (Å²) in [6.45, 7) is 5.71. The maximum absolute atomic E-state index is 14.0. The van der Waals surface area contributed by atoms with Gasteiger partial charge in [-0.3, -0.25) is 9.36 Å². The minimum atomic E-state index is -4.68. The Kier molecular flexibility index (Phi) is 7.49. The zero-order valence-corrected chi connectivity index (χ0v) is 23.9. The molecule has 216 valence electrons. The molecule has 2 aromatic carbocycles. The lowest BCUT2D eigenvalue weighted by Gasteiger charge is -2.24. The summed E-state index contributed by atoms with van der Waals surface area (Å²) in [5.74, 6) is -0.368. The lowest BCUT2D eigenvalue weighted by Crippen LogP contribution is -2.35. The molecule has 13 heteroatoms. The van der Waals surface area contributed by atoms with Gasteiger partial charge in [-0.15, -0.1) is 0 Å². The third-order valence-electron chi connectivity index (χ3n) is 6.75. The van der Waals surface area contributed by atoms with E-state index in [1.54, 1.807) is 39.0 Å². The molecule has 1 N–H and O–H groups in total. The SMILES string of the molecule is CC(C)(C)OC(=O)N1CC[C@@H](n2c(O)c(C(Cc3ccc(Cl)cc3C(F)(F)F)=c3ccc4c(c3)C=NN=4)sc2=O)C1. The molecule has 0 bridgehead atoms. The van der Waals surface area contributed by atoms with Crippen LogP contribution in [0, 0.1) is 0 Å². The number of benzene rings is 2. The lowest BCUT2D eigenvalue weighted by atomic mass is 9.96. The van der Waals surface area contributed by atoms with E-state index in [0.29, 0.717) is 34.7 Å². The van der Waals surface area contributed by atoms with Gasteiger partial charge in [-0.2, -0.15) is 23.4 Å². The Bertz CT molecular complexity index is 1740. The van der Waals surface area contributed by atoms with E-state index in [1.165, 1.54) is 27.8 Å². The summed E-state index contributed by atoms with van der Waals surface area (Å²) in [6, 6.07) is 8.05. The fourth-order valence-corrected chi connectivity index (χ4v) is 6.09. The van der Waals surface area contributed by atoms with Crippen LogP contribution in [-0.2, 0) is 17.3 Å². The molecule has 2 aliphatic heterocycles. The summed E-state index contributed by atoms with van der Waals surface area (Å²) in [6.07, 6.45) is -3.53. The number of carbonyl (C=O) groups is 1. The number of hydrogen-bond acceptors (Lipinski definition) is 7. The van der Waals surface area contributed by atoms with Crippen molar-refractivity contribution < 1.29 is 27.8 Å². The van der Waals surface area contributed by atoms with Crippen molar-refractivity contribution >= 4 is 40.8 Å². The Morgan fingerprint density at radius 1 is 1.20 bits per heavy atom. The van der Waals surface area contributed by atoms with Crippen LogP contribution in [0.3, 0.4) is 0 Å². The van der Waals surface area contributed by atoms with Crippen molar-refractivity contribution in [2.45, 2.75) is 51.4 Å². The number of likely N-dealkylation sites (tertiary alicyclic amines) is 1. The van der Waals surface area contributed by atoms with Gasteiger partial charge in [-0.05, 0) is 67.8 Å². The smallest absolute Gasteiger partial charge is 0.416 e. The molecule has 1 amide bonds. The Hall–Kier alpha value is -3.64. The predicted octanol–water partition coefficient (Wildman–Crippen LogP) is 4.88. The molecule has 0 spiro atoms. The molecular formula is C28H26ClF3N4O4S. The summed E-state index contributed by atoms with van der Waals surface area (Å²) in [5, 5.41) is 20.3. The molecule has 2 aliphatic rings. The van der Waals surface area contributed by atoms with Crippen LogP contribution in [0.5, 0.6) is 5.88 Å². The molecule has 5 rings (SSSR count). The molecule has 3 aromatic rings. The van der Waals surface area contributed by atoms with Gasteiger partial charge in [-0.1, -0.05) is 35.1 Å². The Morgan fingerprint density at radius 2 is 1.95 bits per heavy atom. The van der Waals surface area contributed by atoms with Gasteiger partial charge in [-0.25, -0.2) is 4.79 Å². The highest BCUT2D eigenvalue weighted by Gasteiger charge is 2.36. The average Bonchev–Trinajstić information content (AvgIpc) is 3.60. The maximum atomic E-state index is 14.0. The van der Waals surface area contributed by atoms with Crippen molar-refractivity contribution in [3.8, 4) is 5.88 Å². The number of alkyl halides is 3. The molecule has 41 heavy (non-hydrogen) atoms. The average molecular weight is 607 g/mol. The number of halogens is 4. The van der Waals surface area contributed by atoms with E-state index in [4.69, 9.17) is 16.3 Å². The minimum Gasteiger partial charge on any atom is -0.493 e. The van der Waals surface area contributed by atoms with Gasteiger partial charge >= 0.3 is 17.1 Å². The van der Waals surface area contributed by atoms with Crippen molar-refractivity contribution in [2.75, 3.05) is 13.1 Å². The number of nitrogens with zero attached hydrogens (tertiary/aromatic N) is 4. The standard InChI is InChI=1S/C28H26ClF3N4O4S/c1-27(2,3)40-25(38)35-9-8-19(14-35)36-24(37)23(41-26(36)39)20(15-5-7-22-17(10-15)13-33-34-22)11-16-4-6-18(29)12-21(16)28(30,31)32/h4-7,10,12-13,19,37H,8-9,11,14H2,1-3H3/t19-/m1/s1. The van der Waals surface area contributed by atoms with E-state index in [9.17, 15) is 27.9 Å². The first-order chi connectivity index (χ1) is 19.2. The van der Waals surface area contributed by atoms with Crippen LogP contribution in [0.4, 0.5) is 18.0 Å². The van der Waals surface area contributed by atoms with Crippen molar-refractivity contribution in [3.05, 3.63) is 83.2 Å². The third-order valence-corrected chi connectivity index (χ3v) is 7.99. The molecule has 0 radical (unpaired) electrons. The third kappa shape index (κ3) is 6.03. The van der Waals surface area contributed by atoms with Gasteiger partial charge in [0.25, 0.3) is 0 Å². The van der Waals surface area contributed by atoms with Crippen molar-refractivity contribution in [1.29, 1.82) is 0 Å². The summed E-state index contributed by atoms with van der Waals surface area (Å²) in [5.41, 5.74) is -0.698. The molecule has 3 heterocycles. The summed E-state index contributed by atoms with van der Waals surface area (Å²) >= 11 is 6.64. The minimum absolute atomic E-state index is 0.0626. The van der Waals surface area contributed by atoms with Gasteiger partial charge in [0.05, 0.1) is 28.1 Å². The van der Waals surface area contributed by atoms with E-state index in [-0.39, 0.29) is 34.3 Å². The highest BCUT2D eigenvalue weighted by Crippen LogP contribution is 2.38. The van der Waals surface area contributed by atoms with E-state index in [0.717, 1.165) is 17.4 Å². The largest absolute Gasteiger partial charge is 0.493 e. The number of rotatable bonds is 4. The van der Waals surface area contributed by atoms with Gasteiger partial charge in [0, 0.05) is 30.1 Å². The topological polar surface area (TPSA) is 96.5 Å². The van der Waals surface area contributed by atoms with Crippen molar-refractivity contribution in [1.82, 2.24) is 9.47 Å². The molecule has 1 saturated heterocycles. The number of aromatic nitrogens is 1. The monoisotopic (exact) mass is 606 g/mol. The number of thiazole rings is 1. The number of ether oxygens (including phenoxy) is 1. The number of aromatic hydroxyl groups is 1. The molecule has 0 aliphatic carbocycles. The van der Waals surface area contributed by atoms with Gasteiger partial charge in [0.1, 0.15) is 5.60 Å². The quantitative estimate of drug-likeness (QED) is 0.458. The molecular weight excluding hydrogens is 581 g/mol. The van der Waals surface area contributed by atoms with E-state index in [2.05, 4.69) is 10.2 Å². The molecule has 8 nitrogen and oxygen atoms in total. The fourth-order valence-electron chi connectivity index (χ4n) is 4.90. The molecule has 0 saturated carbocycles. The van der Waals surface area contributed by atoms with Crippen LogP contribution in [0.25, 0.3) is 5.57 Å².